The van der Waals surface area contributed by atoms with Crippen LogP contribution >= 0.6 is 11.8 Å². The van der Waals surface area contributed by atoms with Gasteiger partial charge in [-0.05, 0) is 31.2 Å². The highest BCUT2D eigenvalue weighted by Gasteiger charge is 2.11. The molecule has 1 heterocycles. The second kappa shape index (κ2) is 7.36. The van der Waals surface area contributed by atoms with E-state index < -0.39 is 5.97 Å². The number of nitrogens with zero attached hydrogens (tertiary/aromatic N) is 1. The van der Waals surface area contributed by atoms with Crippen LogP contribution in [0, 0.1) is 11.3 Å². The summed E-state index contributed by atoms with van der Waals surface area (Å²) in [5.41, 5.74) is -0.0811. The molecule has 0 bridgehead atoms. The largest absolute Gasteiger partial charge is 0.462 e. The van der Waals surface area contributed by atoms with Crippen LogP contribution in [0.1, 0.15) is 12.7 Å². The molecule has 1 aromatic heterocycles. The number of ether oxygens (including phenoxy) is 1. The zero-order valence-corrected chi connectivity index (χ0v) is 12.2. The average molecular weight is 299 g/mol. The SMILES string of the molecule is CCOC(=O)/C(C#N)=C\c1ccc(Sc2ccccc2)o1. The van der Waals surface area contributed by atoms with Crippen LogP contribution in [0.15, 0.2) is 62.4 Å². The number of hydrogen-bond donors (Lipinski definition) is 0. The van der Waals surface area contributed by atoms with E-state index in [1.807, 2.05) is 36.4 Å². The lowest BCUT2D eigenvalue weighted by molar-refractivity contribution is -0.137. The zero-order valence-electron chi connectivity index (χ0n) is 11.4. The van der Waals surface area contributed by atoms with Gasteiger partial charge in [-0.3, -0.25) is 0 Å². The summed E-state index contributed by atoms with van der Waals surface area (Å²) in [4.78, 5) is 12.6. The molecule has 2 rings (SSSR count). The van der Waals surface area contributed by atoms with E-state index in [0.29, 0.717) is 10.9 Å². The summed E-state index contributed by atoms with van der Waals surface area (Å²) in [5, 5.41) is 9.65. The van der Waals surface area contributed by atoms with Gasteiger partial charge in [0.2, 0.25) is 0 Å². The van der Waals surface area contributed by atoms with Gasteiger partial charge in [0.05, 0.1) is 6.61 Å². The minimum Gasteiger partial charge on any atom is -0.462 e. The first kappa shape index (κ1) is 14.9. The molecule has 0 fully saturated rings. The highest BCUT2D eigenvalue weighted by Crippen LogP contribution is 2.29. The van der Waals surface area contributed by atoms with Crippen molar-refractivity contribution in [3.63, 3.8) is 0 Å². The van der Waals surface area contributed by atoms with Crippen molar-refractivity contribution >= 4 is 23.8 Å². The van der Waals surface area contributed by atoms with Gasteiger partial charge in [0, 0.05) is 11.0 Å². The lowest BCUT2D eigenvalue weighted by Crippen LogP contribution is -2.05. The summed E-state index contributed by atoms with van der Waals surface area (Å²) < 4.78 is 10.4. The van der Waals surface area contributed by atoms with Crippen LogP contribution in [0.3, 0.4) is 0 Å². The normalized spacial score (nSPS) is 11.0. The van der Waals surface area contributed by atoms with Crippen molar-refractivity contribution in [2.45, 2.75) is 16.9 Å². The Morgan fingerprint density at radius 1 is 1.33 bits per heavy atom. The minimum absolute atomic E-state index is 0.0811. The van der Waals surface area contributed by atoms with Crippen LogP contribution in [0.4, 0.5) is 0 Å². The second-order valence-electron chi connectivity index (χ2n) is 3.96. The summed E-state index contributed by atoms with van der Waals surface area (Å²) in [7, 11) is 0. The first-order chi connectivity index (χ1) is 10.2. The average Bonchev–Trinajstić information content (AvgIpc) is 2.93. The fourth-order valence-electron chi connectivity index (χ4n) is 1.56. The van der Waals surface area contributed by atoms with Gasteiger partial charge < -0.3 is 9.15 Å². The van der Waals surface area contributed by atoms with Crippen LogP contribution in [0.5, 0.6) is 0 Å². The van der Waals surface area contributed by atoms with Gasteiger partial charge in [-0.15, -0.1) is 0 Å². The Labute approximate surface area is 127 Å². The van der Waals surface area contributed by atoms with Crippen molar-refractivity contribution in [3.05, 3.63) is 53.8 Å². The molecular formula is C16H13NO3S. The molecule has 0 saturated heterocycles. The van der Waals surface area contributed by atoms with Gasteiger partial charge in [-0.1, -0.05) is 30.0 Å². The maximum absolute atomic E-state index is 11.5. The molecule has 0 atom stereocenters. The topological polar surface area (TPSA) is 63.2 Å². The maximum atomic E-state index is 11.5. The molecule has 106 valence electrons. The van der Waals surface area contributed by atoms with Crippen molar-refractivity contribution in [1.82, 2.24) is 0 Å². The molecule has 0 unspecified atom stereocenters. The predicted octanol–water partition coefficient (Wildman–Crippen LogP) is 3.90. The molecule has 4 nitrogen and oxygen atoms in total. The fourth-order valence-corrected chi connectivity index (χ4v) is 2.36. The Bertz CT molecular complexity index is 683. The van der Waals surface area contributed by atoms with Crippen molar-refractivity contribution in [1.29, 1.82) is 5.26 Å². The van der Waals surface area contributed by atoms with Gasteiger partial charge in [0.25, 0.3) is 0 Å². The summed E-state index contributed by atoms with van der Waals surface area (Å²) in [6.07, 6.45) is 1.38. The van der Waals surface area contributed by atoms with E-state index >= 15 is 0 Å². The molecule has 0 amide bonds. The lowest BCUT2D eigenvalue weighted by atomic mass is 10.2. The summed E-state index contributed by atoms with van der Waals surface area (Å²) in [6.45, 7) is 1.92. The van der Waals surface area contributed by atoms with E-state index in [2.05, 4.69) is 0 Å². The number of furan rings is 1. The number of benzene rings is 1. The molecule has 1 aromatic carbocycles. The third-order valence-electron chi connectivity index (χ3n) is 2.47. The van der Waals surface area contributed by atoms with Gasteiger partial charge in [-0.2, -0.15) is 5.26 Å². The van der Waals surface area contributed by atoms with Gasteiger partial charge in [-0.25, -0.2) is 4.79 Å². The van der Waals surface area contributed by atoms with Crippen molar-refractivity contribution < 1.29 is 13.9 Å². The minimum atomic E-state index is -0.645. The van der Waals surface area contributed by atoms with Gasteiger partial charge >= 0.3 is 5.97 Å². The molecule has 0 aliphatic rings. The van der Waals surface area contributed by atoms with Crippen LogP contribution in [-0.4, -0.2) is 12.6 Å². The Morgan fingerprint density at radius 2 is 2.10 bits per heavy atom. The Hall–Kier alpha value is -2.45. The number of esters is 1. The fraction of sp³-hybridized carbons (Fsp3) is 0.125. The van der Waals surface area contributed by atoms with Gasteiger partial charge in [0.1, 0.15) is 17.4 Å². The van der Waals surface area contributed by atoms with E-state index in [1.54, 1.807) is 19.1 Å². The highest BCUT2D eigenvalue weighted by atomic mass is 32.2. The molecule has 0 spiro atoms. The first-order valence-electron chi connectivity index (χ1n) is 6.34. The van der Waals surface area contributed by atoms with E-state index in [4.69, 9.17) is 14.4 Å². The van der Waals surface area contributed by atoms with Crippen LogP contribution in [-0.2, 0) is 9.53 Å². The quantitative estimate of drug-likeness (QED) is 0.476. The van der Waals surface area contributed by atoms with Crippen molar-refractivity contribution in [3.8, 4) is 6.07 Å². The standard InChI is InChI=1S/C16H13NO3S/c1-2-19-16(18)12(11-17)10-13-8-9-15(20-13)21-14-6-4-3-5-7-14/h3-10H,2H2,1H3/b12-10-. The summed E-state index contributed by atoms with van der Waals surface area (Å²) in [5.74, 6) is -0.202. The Balaban J connectivity index is 2.12. The molecule has 0 aliphatic carbocycles. The van der Waals surface area contributed by atoms with Gasteiger partial charge in [0.15, 0.2) is 5.09 Å². The maximum Gasteiger partial charge on any atom is 0.349 e. The van der Waals surface area contributed by atoms with E-state index in [0.717, 1.165) is 4.90 Å². The number of rotatable bonds is 5. The van der Waals surface area contributed by atoms with E-state index in [-0.39, 0.29) is 12.2 Å². The Morgan fingerprint density at radius 3 is 2.76 bits per heavy atom. The summed E-state index contributed by atoms with van der Waals surface area (Å²) in [6, 6.07) is 15.1. The predicted molar refractivity (Wildman–Crippen MR) is 79.5 cm³/mol. The van der Waals surface area contributed by atoms with Crippen molar-refractivity contribution in [2.75, 3.05) is 6.61 Å². The van der Waals surface area contributed by atoms with Crippen LogP contribution in [0.2, 0.25) is 0 Å². The van der Waals surface area contributed by atoms with Crippen molar-refractivity contribution in [2.24, 2.45) is 0 Å². The molecule has 0 aliphatic heterocycles. The molecule has 0 radical (unpaired) electrons. The third-order valence-corrected chi connectivity index (χ3v) is 3.39. The Kier molecular flexibility index (Phi) is 5.24. The third kappa shape index (κ3) is 4.26. The zero-order chi connectivity index (χ0) is 15.1. The highest BCUT2D eigenvalue weighted by molar-refractivity contribution is 7.99. The lowest BCUT2D eigenvalue weighted by Gasteiger charge is -1.98. The number of carbonyl (C=O) groups is 1. The molecule has 21 heavy (non-hydrogen) atoms. The number of hydrogen-bond acceptors (Lipinski definition) is 5. The molecular weight excluding hydrogens is 286 g/mol. The number of carbonyl (C=O) groups excluding carboxylic acids is 1. The monoisotopic (exact) mass is 299 g/mol. The molecule has 0 N–H and O–H groups in total. The van der Waals surface area contributed by atoms with Crippen LogP contribution in [0.25, 0.3) is 6.08 Å². The van der Waals surface area contributed by atoms with E-state index in [9.17, 15) is 4.79 Å². The summed E-state index contributed by atoms with van der Waals surface area (Å²) >= 11 is 1.47. The van der Waals surface area contributed by atoms with Crippen LogP contribution < -0.4 is 0 Å². The van der Waals surface area contributed by atoms with E-state index in [1.165, 1.54) is 17.8 Å². The molecule has 2 aromatic rings. The molecule has 5 heteroatoms. The smallest absolute Gasteiger partial charge is 0.349 e. The number of nitriles is 1. The first-order valence-corrected chi connectivity index (χ1v) is 7.16. The molecule has 0 saturated carbocycles. The second-order valence-corrected chi connectivity index (χ2v) is 5.04.